The fourth-order valence-electron chi connectivity index (χ4n) is 4.98. The molecule has 1 aliphatic rings. The van der Waals surface area contributed by atoms with Crippen LogP contribution in [0.25, 0.3) is 11.8 Å². The van der Waals surface area contributed by atoms with E-state index in [0.29, 0.717) is 13.0 Å². The molecule has 4 nitrogen and oxygen atoms in total. The molecule has 0 saturated heterocycles. The topological polar surface area (TPSA) is 38.1 Å². The summed E-state index contributed by atoms with van der Waals surface area (Å²) in [5.41, 5.74) is 7.99. The summed E-state index contributed by atoms with van der Waals surface area (Å²) in [6.45, 7) is 6.38. The molecule has 36 heavy (non-hydrogen) atoms. The normalized spacial score (nSPS) is 16.9. The van der Waals surface area contributed by atoms with Crippen LogP contribution in [0.5, 0.6) is 0 Å². The van der Waals surface area contributed by atoms with Crippen molar-refractivity contribution < 1.29 is 9.18 Å². The van der Waals surface area contributed by atoms with Crippen LogP contribution in [0.1, 0.15) is 45.1 Å². The molecule has 1 aliphatic carbocycles. The predicted octanol–water partition coefficient (Wildman–Crippen LogP) is 6.48. The van der Waals surface area contributed by atoms with Crippen LogP contribution in [0.2, 0.25) is 0 Å². The van der Waals surface area contributed by atoms with Crippen molar-refractivity contribution in [2.24, 2.45) is 0 Å². The van der Waals surface area contributed by atoms with Gasteiger partial charge in [-0.3, -0.25) is 4.79 Å². The summed E-state index contributed by atoms with van der Waals surface area (Å²) in [4.78, 5) is 19.5. The smallest absolute Gasteiger partial charge is 0.247 e. The Morgan fingerprint density at radius 3 is 2.58 bits per heavy atom. The van der Waals surface area contributed by atoms with Crippen LogP contribution in [-0.2, 0) is 17.8 Å². The van der Waals surface area contributed by atoms with E-state index in [9.17, 15) is 4.79 Å². The number of carbonyl (C=O) groups excluding carboxylic acids is 1. The molecule has 1 heterocycles. The molecule has 0 fully saturated rings. The number of hydrogen-bond acceptors (Lipinski definition) is 2. The highest BCUT2D eigenvalue weighted by Crippen LogP contribution is 2.39. The second-order valence-corrected chi connectivity index (χ2v) is 9.62. The highest BCUT2D eigenvalue weighted by molar-refractivity contribution is 5.92. The van der Waals surface area contributed by atoms with Gasteiger partial charge in [0.1, 0.15) is 6.17 Å². The molecule has 3 aromatic carbocycles. The second-order valence-electron chi connectivity index (χ2n) is 9.62. The first-order chi connectivity index (χ1) is 17.4. The Balaban J connectivity index is 1.43. The quantitative estimate of drug-likeness (QED) is 0.297. The second kappa shape index (κ2) is 9.94. The third-order valence-electron chi connectivity index (χ3n) is 6.85. The number of rotatable bonds is 6. The number of carbonyl (C=O) groups is 1. The molecule has 5 rings (SSSR count). The molecule has 4 aromatic rings. The largest absolute Gasteiger partial charge is 0.325 e. The van der Waals surface area contributed by atoms with Crippen LogP contribution >= 0.6 is 0 Å². The highest BCUT2D eigenvalue weighted by atomic mass is 19.1. The molecule has 0 spiro atoms. The molecule has 0 radical (unpaired) electrons. The SMILES string of the molecule is Cc1ccc(CN(C(=O)/C=C/c2ccc(-n3cnc(C)c3)c(C)c2)C2c3ccccc3C[C@@H]2F)cc1. The number of aromatic nitrogens is 2. The van der Waals surface area contributed by atoms with Crippen molar-refractivity contribution in [1.29, 1.82) is 0 Å². The molecule has 0 N–H and O–H groups in total. The predicted molar refractivity (Wildman–Crippen MR) is 142 cm³/mol. The monoisotopic (exact) mass is 479 g/mol. The fourth-order valence-corrected chi connectivity index (χ4v) is 4.98. The number of amides is 1. The van der Waals surface area contributed by atoms with Gasteiger partial charge in [-0.15, -0.1) is 0 Å². The van der Waals surface area contributed by atoms with Crippen LogP contribution in [0.15, 0.2) is 85.3 Å². The van der Waals surface area contributed by atoms with Gasteiger partial charge in [-0.1, -0.05) is 60.2 Å². The van der Waals surface area contributed by atoms with Crippen LogP contribution in [0.3, 0.4) is 0 Å². The Kier molecular flexibility index (Phi) is 6.55. The summed E-state index contributed by atoms with van der Waals surface area (Å²) in [7, 11) is 0. The van der Waals surface area contributed by atoms with Crippen molar-refractivity contribution in [3.8, 4) is 5.69 Å². The zero-order valence-corrected chi connectivity index (χ0v) is 20.9. The van der Waals surface area contributed by atoms with E-state index >= 15 is 4.39 Å². The molecular formula is C31H30FN3O. The maximum absolute atomic E-state index is 15.4. The van der Waals surface area contributed by atoms with Crippen LogP contribution in [0, 0.1) is 20.8 Å². The van der Waals surface area contributed by atoms with E-state index in [1.54, 1.807) is 17.3 Å². The lowest BCUT2D eigenvalue weighted by atomic mass is 10.0. The molecule has 2 atom stereocenters. The van der Waals surface area contributed by atoms with Gasteiger partial charge in [0.25, 0.3) is 0 Å². The van der Waals surface area contributed by atoms with Crippen LogP contribution < -0.4 is 0 Å². The average molecular weight is 480 g/mol. The van der Waals surface area contributed by atoms with Gasteiger partial charge in [-0.05, 0) is 66.8 Å². The minimum absolute atomic E-state index is 0.202. The minimum Gasteiger partial charge on any atom is -0.325 e. The first-order valence-electron chi connectivity index (χ1n) is 12.3. The zero-order chi connectivity index (χ0) is 25.2. The van der Waals surface area contributed by atoms with Gasteiger partial charge in [-0.2, -0.15) is 0 Å². The van der Waals surface area contributed by atoms with E-state index in [4.69, 9.17) is 0 Å². The Morgan fingerprint density at radius 2 is 1.86 bits per heavy atom. The zero-order valence-electron chi connectivity index (χ0n) is 20.9. The van der Waals surface area contributed by atoms with E-state index < -0.39 is 12.2 Å². The number of fused-ring (bicyclic) bond motifs is 1. The van der Waals surface area contributed by atoms with Gasteiger partial charge < -0.3 is 9.47 Å². The summed E-state index contributed by atoms with van der Waals surface area (Å²) >= 11 is 0. The van der Waals surface area contributed by atoms with E-state index in [1.165, 1.54) is 0 Å². The fraction of sp³-hybridized carbons (Fsp3) is 0.226. The molecule has 0 aliphatic heterocycles. The maximum Gasteiger partial charge on any atom is 0.247 e. The molecule has 5 heteroatoms. The lowest BCUT2D eigenvalue weighted by Gasteiger charge is -2.30. The van der Waals surface area contributed by atoms with Crippen molar-refractivity contribution in [1.82, 2.24) is 14.5 Å². The number of hydrogen-bond donors (Lipinski definition) is 0. The van der Waals surface area contributed by atoms with Crippen molar-refractivity contribution in [2.45, 2.75) is 46.0 Å². The lowest BCUT2D eigenvalue weighted by Crippen LogP contribution is -2.36. The van der Waals surface area contributed by atoms with E-state index in [0.717, 1.165) is 44.8 Å². The summed E-state index contributed by atoms with van der Waals surface area (Å²) in [5, 5.41) is 0. The molecule has 1 aromatic heterocycles. The van der Waals surface area contributed by atoms with Crippen LogP contribution in [0.4, 0.5) is 4.39 Å². The Hall–Kier alpha value is -3.99. The molecule has 1 unspecified atom stereocenters. The summed E-state index contributed by atoms with van der Waals surface area (Å²) < 4.78 is 17.3. The van der Waals surface area contributed by atoms with Crippen molar-refractivity contribution in [3.63, 3.8) is 0 Å². The number of benzene rings is 3. The van der Waals surface area contributed by atoms with Gasteiger partial charge in [0, 0.05) is 30.9 Å². The summed E-state index contributed by atoms with van der Waals surface area (Å²) in [6, 6.07) is 21.2. The van der Waals surface area contributed by atoms with Crippen molar-refractivity contribution in [3.05, 3.63) is 124 Å². The Labute approximate surface area is 211 Å². The number of aryl methyl sites for hydroxylation is 3. The van der Waals surface area contributed by atoms with Gasteiger partial charge in [0.15, 0.2) is 0 Å². The van der Waals surface area contributed by atoms with E-state index in [-0.39, 0.29) is 5.91 Å². The first kappa shape index (κ1) is 23.7. The summed E-state index contributed by atoms with van der Waals surface area (Å²) in [6.07, 6.45) is 6.36. The molecule has 0 bridgehead atoms. The third-order valence-corrected chi connectivity index (χ3v) is 6.85. The van der Waals surface area contributed by atoms with E-state index in [1.807, 2.05) is 104 Å². The number of alkyl halides is 1. The summed E-state index contributed by atoms with van der Waals surface area (Å²) in [5.74, 6) is -0.202. The standard InChI is InChI=1S/C31H30FN3O/c1-21-8-10-25(11-9-21)19-35(31-27-7-5-4-6-26(27)17-28(31)32)30(36)15-13-24-12-14-29(22(2)16-24)34-18-23(3)33-20-34/h4-16,18,20,28,31H,17,19H2,1-3H3/b15-13+/t28-,31?/m0/s1. The molecular weight excluding hydrogens is 449 g/mol. The van der Waals surface area contributed by atoms with Crippen molar-refractivity contribution >= 4 is 12.0 Å². The van der Waals surface area contributed by atoms with Gasteiger partial charge >= 0.3 is 0 Å². The minimum atomic E-state index is -1.13. The van der Waals surface area contributed by atoms with Crippen LogP contribution in [-0.4, -0.2) is 26.5 Å². The van der Waals surface area contributed by atoms with E-state index in [2.05, 4.69) is 4.98 Å². The molecule has 0 saturated carbocycles. The Bertz CT molecular complexity index is 1420. The number of nitrogens with zero attached hydrogens (tertiary/aromatic N) is 3. The lowest BCUT2D eigenvalue weighted by molar-refractivity contribution is -0.130. The maximum atomic E-state index is 15.4. The number of imidazole rings is 1. The van der Waals surface area contributed by atoms with Crippen molar-refractivity contribution in [2.75, 3.05) is 0 Å². The van der Waals surface area contributed by atoms with Gasteiger partial charge in [0.05, 0.1) is 18.1 Å². The highest BCUT2D eigenvalue weighted by Gasteiger charge is 2.38. The first-order valence-corrected chi connectivity index (χ1v) is 12.3. The number of halogens is 1. The third kappa shape index (κ3) is 4.87. The molecule has 1 amide bonds. The van der Waals surface area contributed by atoms with Gasteiger partial charge in [0.2, 0.25) is 5.91 Å². The molecule has 182 valence electrons. The Morgan fingerprint density at radius 1 is 1.08 bits per heavy atom. The van der Waals surface area contributed by atoms with Gasteiger partial charge in [-0.25, -0.2) is 9.37 Å². The average Bonchev–Trinajstić information content (AvgIpc) is 3.44.